The molecule has 4 rings (SSSR count). The van der Waals surface area contributed by atoms with E-state index in [9.17, 15) is 4.79 Å². The van der Waals surface area contributed by atoms with Crippen molar-refractivity contribution in [1.29, 1.82) is 0 Å². The van der Waals surface area contributed by atoms with E-state index in [4.69, 9.17) is 4.74 Å². The summed E-state index contributed by atoms with van der Waals surface area (Å²) in [4.78, 5) is 17.3. The molecular weight excluding hydrogens is 300 g/mol. The molecule has 0 atom stereocenters. The lowest BCUT2D eigenvalue weighted by Gasteiger charge is -2.30. The predicted octanol–water partition coefficient (Wildman–Crippen LogP) is 2.78. The minimum absolute atomic E-state index is 0.138. The van der Waals surface area contributed by atoms with Gasteiger partial charge in [0.05, 0.1) is 31.1 Å². The zero-order valence-corrected chi connectivity index (χ0v) is 13.8. The highest BCUT2D eigenvalue weighted by Gasteiger charge is 2.27. The van der Waals surface area contributed by atoms with Gasteiger partial charge in [-0.1, -0.05) is 36.4 Å². The second-order valence-corrected chi connectivity index (χ2v) is 6.38. The molecule has 0 spiro atoms. The highest BCUT2D eigenvalue weighted by Crippen LogP contribution is 2.36. The van der Waals surface area contributed by atoms with Crippen molar-refractivity contribution >= 4 is 17.3 Å². The molecule has 0 unspecified atom stereocenters. The van der Waals surface area contributed by atoms with Crippen molar-refractivity contribution in [2.75, 3.05) is 37.7 Å². The fraction of sp³-hybridized carbons (Fsp3) is 0.350. The number of benzene rings is 2. The first-order chi connectivity index (χ1) is 11.8. The summed E-state index contributed by atoms with van der Waals surface area (Å²) in [6.07, 6.45) is 1.93. The highest BCUT2D eigenvalue weighted by molar-refractivity contribution is 6.03. The molecular formula is C20H22N2O2. The number of carbonyl (C=O) groups is 1. The Morgan fingerprint density at radius 3 is 2.00 bits per heavy atom. The molecule has 2 aliphatic heterocycles. The maximum atomic E-state index is 13.2. The van der Waals surface area contributed by atoms with E-state index in [1.54, 1.807) is 0 Å². The molecule has 4 heteroatoms. The molecule has 2 aromatic rings. The summed E-state index contributed by atoms with van der Waals surface area (Å²) in [5.41, 5.74) is 4.54. The molecule has 0 aliphatic carbocycles. The van der Waals surface area contributed by atoms with Crippen LogP contribution in [-0.4, -0.2) is 43.7 Å². The number of fused-ring (bicyclic) bond motifs is 2. The van der Waals surface area contributed by atoms with Gasteiger partial charge in [0.15, 0.2) is 0 Å². The maximum absolute atomic E-state index is 13.2. The van der Waals surface area contributed by atoms with Crippen LogP contribution >= 0.6 is 0 Å². The number of para-hydroxylation sites is 2. The second kappa shape index (κ2) is 6.75. The van der Waals surface area contributed by atoms with Gasteiger partial charge in [-0.3, -0.25) is 14.6 Å². The molecule has 0 radical (unpaired) electrons. The first-order valence-corrected chi connectivity index (χ1v) is 8.62. The monoisotopic (exact) mass is 322 g/mol. The van der Waals surface area contributed by atoms with Gasteiger partial charge in [-0.15, -0.1) is 0 Å². The third-order valence-corrected chi connectivity index (χ3v) is 4.84. The van der Waals surface area contributed by atoms with Crippen LogP contribution < -0.4 is 4.90 Å². The van der Waals surface area contributed by atoms with E-state index >= 15 is 0 Å². The van der Waals surface area contributed by atoms with Crippen LogP contribution in [0.25, 0.3) is 0 Å². The predicted molar refractivity (Wildman–Crippen MR) is 94.7 cm³/mol. The smallest absolute Gasteiger partial charge is 0.245 e. The Balaban J connectivity index is 1.70. The van der Waals surface area contributed by atoms with E-state index < -0.39 is 0 Å². The summed E-state index contributed by atoms with van der Waals surface area (Å²) in [6.45, 7) is 3.50. The van der Waals surface area contributed by atoms with Crippen LogP contribution in [0.1, 0.15) is 11.1 Å². The van der Waals surface area contributed by atoms with Crippen LogP contribution in [0, 0.1) is 0 Å². The maximum Gasteiger partial charge on any atom is 0.245 e. The Labute approximate surface area is 142 Å². The zero-order chi connectivity index (χ0) is 16.4. The zero-order valence-electron chi connectivity index (χ0n) is 13.8. The van der Waals surface area contributed by atoms with Crippen molar-refractivity contribution in [3.63, 3.8) is 0 Å². The summed E-state index contributed by atoms with van der Waals surface area (Å²) in [5, 5.41) is 0. The summed E-state index contributed by atoms with van der Waals surface area (Å²) in [7, 11) is 0. The minimum Gasteiger partial charge on any atom is -0.379 e. The van der Waals surface area contributed by atoms with Crippen LogP contribution in [0.15, 0.2) is 48.5 Å². The van der Waals surface area contributed by atoms with Gasteiger partial charge in [-0.25, -0.2) is 0 Å². The summed E-state index contributed by atoms with van der Waals surface area (Å²) < 4.78 is 5.39. The largest absolute Gasteiger partial charge is 0.379 e. The second-order valence-electron chi connectivity index (χ2n) is 6.38. The molecule has 0 N–H and O–H groups in total. The lowest BCUT2D eigenvalue weighted by molar-refractivity contribution is -0.120. The Morgan fingerprint density at radius 2 is 1.42 bits per heavy atom. The number of anilines is 2. The highest BCUT2D eigenvalue weighted by atomic mass is 16.5. The molecule has 0 aromatic heterocycles. The number of nitrogens with zero attached hydrogens (tertiary/aromatic N) is 2. The minimum atomic E-state index is 0.138. The number of carbonyl (C=O) groups excluding carboxylic acids is 1. The van der Waals surface area contributed by atoms with Crippen molar-refractivity contribution in [1.82, 2.24) is 4.90 Å². The lowest BCUT2D eigenvalue weighted by atomic mass is 10.0. The normalized spacial score (nSPS) is 17.8. The van der Waals surface area contributed by atoms with E-state index in [0.717, 1.165) is 37.3 Å². The number of rotatable bonds is 2. The summed E-state index contributed by atoms with van der Waals surface area (Å²) >= 11 is 0. The molecule has 1 fully saturated rings. The van der Waals surface area contributed by atoms with Crippen LogP contribution in [0.3, 0.4) is 0 Å². The molecule has 2 heterocycles. The first-order valence-electron chi connectivity index (χ1n) is 8.62. The van der Waals surface area contributed by atoms with Crippen molar-refractivity contribution in [2.24, 2.45) is 0 Å². The Bertz CT molecular complexity index is 690. The number of aryl methyl sites for hydroxylation is 2. The average Bonchev–Trinajstić information content (AvgIpc) is 2.79. The van der Waals surface area contributed by atoms with E-state index in [2.05, 4.69) is 41.3 Å². The van der Waals surface area contributed by atoms with Gasteiger partial charge in [0.1, 0.15) is 0 Å². The van der Waals surface area contributed by atoms with E-state index in [-0.39, 0.29) is 5.91 Å². The van der Waals surface area contributed by atoms with Crippen LogP contribution in [0.5, 0.6) is 0 Å². The number of amides is 1. The Kier molecular flexibility index (Phi) is 4.32. The number of morpholine rings is 1. The topological polar surface area (TPSA) is 32.8 Å². The average molecular weight is 322 g/mol. The fourth-order valence-corrected chi connectivity index (χ4v) is 3.57. The van der Waals surface area contributed by atoms with Crippen LogP contribution in [0.4, 0.5) is 11.4 Å². The van der Waals surface area contributed by atoms with Crippen LogP contribution in [0.2, 0.25) is 0 Å². The van der Waals surface area contributed by atoms with Crippen molar-refractivity contribution in [3.05, 3.63) is 59.7 Å². The molecule has 1 amide bonds. The summed E-state index contributed by atoms with van der Waals surface area (Å²) in [6, 6.07) is 16.5. The molecule has 2 aliphatic rings. The summed E-state index contributed by atoms with van der Waals surface area (Å²) in [5.74, 6) is 0.138. The van der Waals surface area contributed by atoms with Gasteiger partial charge in [0, 0.05) is 13.1 Å². The lowest BCUT2D eigenvalue weighted by Crippen LogP contribution is -2.43. The molecule has 24 heavy (non-hydrogen) atoms. The van der Waals surface area contributed by atoms with Gasteiger partial charge in [-0.05, 0) is 36.1 Å². The van der Waals surface area contributed by atoms with Gasteiger partial charge < -0.3 is 4.74 Å². The first kappa shape index (κ1) is 15.4. The Morgan fingerprint density at radius 1 is 0.875 bits per heavy atom. The van der Waals surface area contributed by atoms with Gasteiger partial charge >= 0.3 is 0 Å². The molecule has 0 bridgehead atoms. The SMILES string of the molecule is O=C(CN1CCOCC1)N1c2ccccc2CCc2ccccc21. The molecule has 2 aromatic carbocycles. The third-order valence-electron chi connectivity index (χ3n) is 4.84. The standard InChI is InChI=1S/C20H22N2O2/c23-20(15-21-11-13-24-14-12-21)22-18-7-3-1-5-16(18)9-10-17-6-2-4-8-19(17)22/h1-8H,9-15H2. The van der Waals surface area contributed by atoms with E-state index in [1.807, 2.05) is 17.0 Å². The quantitative estimate of drug-likeness (QED) is 0.852. The molecule has 0 saturated carbocycles. The van der Waals surface area contributed by atoms with Crippen molar-refractivity contribution in [2.45, 2.75) is 12.8 Å². The number of hydrogen-bond acceptors (Lipinski definition) is 3. The van der Waals surface area contributed by atoms with Crippen LogP contribution in [-0.2, 0) is 22.4 Å². The van der Waals surface area contributed by atoms with Crippen molar-refractivity contribution < 1.29 is 9.53 Å². The van der Waals surface area contributed by atoms with Gasteiger partial charge in [0.2, 0.25) is 5.91 Å². The number of ether oxygens (including phenoxy) is 1. The fourth-order valence-electron chi connectivity index (χ4n) is 3.57. The molecule has 124 valence electrons. The van der Waals surface area contributed by atoms with E-state index in [0.29, 0.717) is 19.8 Å². The Hall–Kier alpha value is -2.17. The third kappa shape index (κ3) is 2.95. The molecule has 4 nitrogen and oxygen atoms in total. The van der Waals surface area contributed by atoms with Gasteiger partial charge in [0.25, 0.3) is 0 Å². The molecule has 1 saturated heterocycles. The van der Waals surface area contributed by atoms with Gasteiger partial charge in [-0.2, -0.15) is 0 Å². The van der Waals surface area contributed by atoms with E-state index in [1.165, 1.54) is 11.1 Å². The number of hydrogen-bond donors (Lipinski definition) is 0. The van der Waals surface area contributed by atoms with Crippen molar-refractivity contribution in [3.8, 4) is 0 Å².